The van der Waals surface area contributed by atoms with Crippen LogP contribution in [0.4, 0.5) is 0 Å². The third kappa shape index (κ3) is 538. The molecular weight excluding hydrogens is 188 g/mol. The van der Waals surface area contributed by atoms with Gasteiger partial charge in [0.15, 0.2) is 5.12 Å². The molecule has 0 spiro atoms. The van der Waals surface area contributed by atoms with E-state index in [0.29, 0.717) is 0 Å². The number of hydrogen-bond acceptors (Lipinski definition) is 4. The predicted molar refractivity (Wildman–Crippen MR) is 56.9 cm³/mol. The van der Waals surface area contributed by atoms with Crippen molar-refractivity contribution in [2.45, 2.75) is 34.6 Å². The van der Waals surface area contributed by atoms with Crippen molar-refractivity contribution < 1.29 is 14.4 Å². The molecule has 0 amide bonds. The Morgan fingerprint density at radius 3 is 0.846 bits per heavy atom. The number of carbonyl (C=O) groups is 3. The summed E-state index contributed by atoms with van der Waals surface area (Å²) >= 11 is 1.24. The minimum atomic E-state index is 0.167. The van der Waals surface area contributed by atoms with Crippen LogP contribution < -0.4 is 0 Å². The van der Waals surface area contributed by atoms with E-state index in [1.807, 2.05) is 0 Å². The Hall–Kier alpha value is -0.640. The average molecular weight is 206 g/mol. The maximum atomic E-state index is 9.78. The lowest BCUT2D eigenvalue weighted by Crippen LogP contribution is -1.72. The molecule has 0 atom stereocenters. The molecule has 0 saturated carbocycles. The zero-order chi connectivity index (χ0) is 11.4. The van der Waals surface area contributed by atoms with Crippen LogP contribution in [0.1, 0.15) is 34.6 Å². The number of Topliss-reactive ketones (excluding diaryl/α,β-unsaturated/α-hetero) is 2. The summed E-state index contributed by atoms with van der Waals surface area (Å²) in [7, 11) is 0. The monoisotopic (exact) mass is 206 g/mol. The number of hydrogen-bond donors (Lipinski definition) is 0. The van der Waals surface area contributed by atoms with Crippen LogP contribution in [0, 0.1) is 0 Å². The number of ketones is 2. The van der Waals surface area contributed by atoms with Gasteiger partial charge in [0, 0.05) is 6.92 Å². The van der Waals surface area contributed by atoms with E-state index in [9.17, 15) is 14.4 Å². The lowest BCUT2D eigenvalue weighted by atomic mass is 10.6. The van der Waals surface area contributed by atoms with Crippen LogP contribution in [0.15, 0.2) is 0 Å². The van der Waals surface area contributed by atoms with Gasteiger partial charge in [-0.1, -0.05) is 11.8 Å². The Labute approximate surface area is 84.3 Å². The molecule has 0 unspecified atom stereocenters. The molecule has 78 valence electrons. The zero-order valence-corrected chi connectivity index (χ0v) is 9.95. The molecule has 0 aliphatic heterocycles. The lowest BCUT2D eigenvalue weighted by molar-refractivity contribution is -0.115. The summed E-state index contributed by atoms with van der Waals surface area (Å²) < 4.78 is 0. The summed E-state index contributed by atoms with van der Waals surface area (Å²) in [6, 6.07) is 0. The Balaban J connectivity index is -0.000000117. The third-order valence-electron chi connectivity index (χ3n) is 0.287. The van der Waals surface area contributed by atoms with Gasteiger partial charge in [0.2, 0.25) is 0 Å². The highest BCUT2D eigenvalue weighted by Crippen LogP contribution is 1.88. The van der Waals surface area contributed by atoms with E-state index >= 15 is 0 Å². The minimum Gasteiger partial charge on any atom is -0.300 e. The van der Waals surface area contributed by atoms with Gasteiger partial charge in [0.05, 0.1) is 0 Å². The van der Waals surface area contributed by atoms with Crippen LogP contribution in [-0.4, -0.2) is 22.9 Å². The summed E-state index contributed by atoms with van der Waals surface area (Å²) in [6.45, 7) is 7.66. The third-order valence-corrected chi connectivity index (χ3v) is 0.862. The fraction of sp³-hybridized carbons (Fsp3) is 0.667. The number of thioether (sulfide) groups is 1. The zero-order valence-electron chi connectivity index (χ0n) is 9.13. The van der Waals surface area contributed by atoms with Gasteiger partial charge in [0.25, 0.3) is 0 Å². The van der Waals surface area contributed by atoms with Crippen LogP contribution in [0.2, 0.25) is 0 Å². The van der Waals surface area contributed by atoms with Gasteiger partial charge in [-0.3, -0.25) is 4.79 Å². The molecule has 0 saturated heterocycles. The smallest absolute Gasteiger partial charge is 0.185 e. The summed E-state index contributed by atoms with van der Waals surface area (Å²) in [5, 5.41) is 0.171. The molecule has 0 aliphatic carbocycles. The van der Waals surface area contributed by atoms with Gasteiger partial charge in [-0.05, 0) is 34.0 Å². The number of rotatable bonds is 0. The molecule has 0 radical (unpaired) electrons. The first-order valence-electron chi connectivity index (χ1n) is 3.72. The summed E-state index contributed by atoms with van der Waals surface area (Å²) in [4.78, 5) is 28.7. The van der Waals surface area contributed by atoms with Gasteiger partial charge in [-0.25, -0.2) is 0 Å². The molecule has 0 fully saturated rings. The largest absolute Gasteiger partial charge is 0.300 e. The summed E-state index contributed by atoms with van der Waals surface area (Å²) in [5.41, 5.74) is 0. The van der Waals surface area contributed by atoms with E-state index in [-0.39, 0.29) is 16.7 Å². The second kappa shape index (κ2) is 13.9. The van der Waals surface area contributed by atoms with Crippen LogP contribution in [0.25, 0.3) is 0 Å². The normalized spacial score (nSPS) is 6.92. The molecule has 0 bridgehead atoms. The SMILES string of the molecule is CC(C)=O.CC(C)=O.CSC(C)=O. The summed E-state index contributed by atoms with van der Waals surface area (Å²) in [5.74, 6) is 0.333. The second-order valence-electron chi connectivity index (χ2n) is 2.51. The number of carbonyl (C=O) groups excluding carboxylic acids is 3. The van der Waals surface area contributed by atoms with Gasteiger partial charge in [-0.15, -0.1) is 0 Å². The Bertz CT molecular complexity index is 144. The van der Waals surface area contributed by atoms with E-state index in [1.165, 1.54) is 39.5 Å². The van der Waals surface area contributed by atoms with Crippen molar-refractivity contribution in [2.24, 2.45) is 0 Å². The standard InChI is InChI=1S/C3H6OS.2C3H6O/c1-3(4)5-2;2*1-3(2)4/h1-2H3;2*1-2H3. The van der Waals surface area contributed by atoms with E-state index < -0.39 is 0 Å². The maximum Gasteiger partial charge on any atom is 0.185 e. The van der Waals surface area contributed by atoms with E-state index in [4.69, 9.17) is 0 Å². The fourth-order valence-electron chi connectivity index (χ4n) is 0. The van der Waals surface area contributed by atoms with Crippen molar-refractivity contribution in [3.63, 3.8) is 0 Å². The molecule has 0 aromatic carbocycles. The Kier molecular flexibility index (Phi) is 19.5. The first-order chi connectivity index (χ1) is 5.73. The molecule has 0 heterocycles. The molecule has 0 aromatic heterocycles. The van der Waals surface area contributed by atoms with Gasteiger partial charge < -0.3 is 9.59 Å². The van der Waals surface area contributed by atoms with Crippen molar-refractivity contribution >= 4 is 28.4 Å². The first kappa shape index (κ1) is 18.2. The Morgan fingerprint density at radius 1 is 0.769 bits per heavy atom. The molecule has 3 nitrogen and oxygen atoms in total. The average Bonchev–Trinajstić information content (AvgIpc) is 1.84. The van der Waals surface area contributed by atoms with E-state index in [0.717, 1.165) is 0 Å². The van der Waals surface area contributed by atoms with Crippen LogP contribution in [0.3, 0.4) is 0 Å². The first-order valence-corrected chi connectivity index (χ1v) is 4.95. The van der Waals surface area contributed by atoms with Crippen molar-refractivity contribution in [3.05, 3.63) is 0 Å². The van der Waals surface area contributed by atoms with Crippen molar-refractivity contribution in [1.29, 1.82) is 0 Å². The molecule has 0 rings (SSSR count). The quantitative estimate of drug-likeness (QED) is 0.609. The van der Waals surface area contributed by atoms with Gasteiger partial charge >= 0.3 is 0 Å². The van der Waals surface area contributed by atoms with Crippen LogP contribution >= 0.6 is 11.8 Å². The second-order valence-corrected chi connectivity index (χ2v) is 3.50. The van der Waals surface area contributed by atoms with Crippen molar-refractivity contribution in [2.75, 3.05) is 6.26 Å². The van der Waals surface area contributed by atoms with Gasteiger partial charge in [0.1, 0.15) is 11.6 Å². The van der Waals surface area contributed by atoms with E-state index in [2.05, 4.69) is 0 Å². The molecule has 0 aromatic rings. The highest BCUT2D eigenvalue weighted by molar-refractivity contribution is 8.12. The van der Waals surface area contributed by atoms with Gasteiger partial charge in [-0.2, -0.15) is 0 Å². The fourth-order valence-corrected chi connectivity index (χ4v) is 0. The predicted octanol–water partition coefficient (Wildman–Crippen LogP) is 2.09. The molecular formula is C9H18O3S. The topological polar surface area (TPSA) is 51.2 Å². The van der Waals surface area contributed by atoms with E-state index in [1.54, 1.807) is 13.2 Å². The summed E-state index contributed by atoms with van der Waals surface area (Å²) in [6.07, 6.45) is 1.77. The van der Waals surface area contributed by atoms with Crippen LogP contribution in [-0.2, 0) is 14.4 Å². The maximum absolute atomic E-state index is 9.78. The molecule has 13 heavy (non-hydrogen) atoms. The van der Waals surface area contributed by atoms with Crippen molar-refractivity contribution in [1.82, 2.24) is 0 Å². The molecule has 0 aliphatic rings. The molecule has 4 heteroatoms. The molecule has 0 N–H and O–H groups in total. The Morgan fingerprint density at radius 2 is 0.846 bits per heavy atom. The highest BCUT2D eigenvalue weighted by Gasteiger charge is 1.77. The lowest BCUT2D eigenvalue weighted by Gasteiger charge is -1.71. The highest BCUT2D eigenvalue weighted by atomic mass is 32.2. The van der Waals surface area contributed by atoms with Crippen LogP contribution in [0.5, 0.6) is 0 Å². The minimum absolute atomic E-state index is 0.167. The van der Waals surface area contributed by atoms with Crippen molar-refractivity contribution in [3.8, 4) is 0 Å².